The fourth-order valence-corrected chi connectivity index (χ4v) is 10.8. The molecule has 13 aromatic rings. The smallest absolute Gasteiger partial charge is 0.155 e. The standard InChI is InChI=1S/C53H31N3S/c1-2-12-34(13-3-1)55-47-20-10-8-18-40(47)42-25-26-43-41-19-9-11-21-48(41)56(51(43)50(42)55)53-52-44(28-29-54-53)46-31-33(23-27-49(46)57-52)32-22-24-39-37-16-5-4-14-35(37)36-15-6-7-17-38(36)45(39)30-32/h1-31H. The molecule has 0 saturated heterocycles. The summed E-state index contributed by atoms with van der Waals surface area (Å²) >= 11 is 1.83. The lowest BCUT2D eigenvalue weighted by Crippen LogP contribution is -2.00. The van der Waals surface area contributed by atoms with E-state index in [9.17, 15) is 0 Å². The molecule has 0 N–H and O–H groups in total. The Hall–Kier alpha value is -7.27. The molecule has 0 unspecified atom stereocenters. The van der Waals surface area contributed by atoms with Crippen molar-refractivity contribution in [2.24, 2.45) is 0 Å². The predicted molar refractivity (Wildman–Crippen MR) is 244 cm³/mol. The first-order chi connectivity index (χ1) is 28.3. The van der Waals surface area contributed by atoms with Crippen LogP contribution in [0.1, 0.15) is 0 Å². The van der Waals surface area contributed by atoms with E-state index >= 15 is 0 Å². The summed E-state index contributed by atoms with van der Waals surface area (Å²) in [7, 11) is 0. The number of aromatic nitrogens is 3. The molecular formula is C53H31N3S. The molecule has 57 heavy (non-hydrogen) atoms. The van der Waals surface area contributed by atoms with E-state index in [2.05, 4.69) is 191 Å². The molecule has 4 heterocycles. The van der Waals surface area contributed by atoms with Crippen LogP contribution in [0.3, 0.4) is 0 Å². The zero-order chi connectivity index (χ0) is 37.2. The molecule has 4 aromatic heterocycles. The number of para-hydroxylation sites is 3. The number of thiophene rings is 1. The Balaban J connectivity index is 1.08. The number of nitrogens with zero attached hydrogens (tertiary/aromatic N) is 3. The number of pyridine rings is 1. The van der Waals surface area contributed by atoms with Gasteiger partial charge >= 0.3 is 0 Å². The number of rotatable bonds is 3. The SMILES string of the molecule is c1ccc(-n2c3ccccc3c3ccc4c5ccccc5n(-c5nccc6c5sc5ccc(-c7ccc8c9ccccc9c9ccccc9c8c7)cc56)c4c32)cc1. The van der Waals surface area contributed by atoms with Gasteiger partial charge in [-0.15, -0.1) is 11.3 Å². The highest BCUT2D eigenvalue weighted by molar-refractivity contribution is 7.26. The van der Waals surface area contributed by atoms with E-state index in [1.165, 1.54) is 102 Å². The summed E-state index contributed by atoms with van der Waals surface area (Å²) in [5.41, 5.74) is 8.28. The second-order valence-electron chi connectivity index (χ2n) is 15.1. The van der Waals surface area contributed by atoms with Crippen LogP contribution in [0.15, 0.2) is 188 Å². The van der Waals surface area contributed by atoms with Crippen molar-refractivity contribution in [2.45, 2.75) is 0 Å². The second-order valence-corrected chi connectivity index (χ2v) is 16.1. The molecule has 0 aliphatic carbocycles. The van der Waals surface area contributed by atoms with Crippen molar-refractivity contribution in [1.82, 2.24) is 14.1 Å². The zero-order valence-electron chi connectivity index (χ0n) is 30.6. The highest BCUT2D eigenvalue weighted by Gasteiger charge is 2.23. The lowest BCUT2D eigenvalue weighted by Gasteiger charge is -2.12. The summed E-state index contributed by atoms with van der Waals surface area (Å²) in [6.07, 6.45) is 2.00. The molecule has 0 radical (unpaired) electrons. The molecule has 0 fully saturated rings. The third-order valence-corrected chi connectivity index (χ3v) is 13.3. The van der Waals surface area contributed by atoms with Gasteiger partial charge in [0.15, 0.2) is 5.82 Å². The Morgan fingerprint density at radius 3 is 1.51 bits per heavy atom. The van der Waals surface area contributed by atoms with Crippen molar-refractivity contribution >= 4 is 107 Å². The molecule has 4 heteroatoms. The summed E-state index contributed by atoms with van der Waals surface area (Å²) < 4.78 is 7.31. The van der Waals surface area contributed by atoms with Crippen LogP contribution in [0.5, 0.6) is 0 Å². The highest BCUT2D eigenvalue weighted by atomic mass is 32.1. The minimum atomic E-state index is 0.961. The minimum Gasteiger partial charge on any atom is -0.307 e. The van der Waals surface area contributed by atoms with Gasteiger partial charge in [-0.1, -0.05) is 133 Å². The summed E-state index contributed by atoms with van der Waals surface area (Å²) in [5.74, 6) is 0.961. The number of hydrogen-bond donors (Lipinski definition) is 0. The first-order valence-corrected chi connectivity index (χ1v) is 20.3. The number of benzene rings is 9. The number of fused-ring (bicyclic) bond motifs is 16. The highest BCUT2D eigenvalue weighted by Crippen LogP contribution is 2.45. The fraction of sp³-hybridized carbons (Fsp3) is 0. The Bertz CT molecular complexity index is 3770. The van der Waals surface area contributed by atoms with Gasteiger partial charge in [0.1, 0.15) is 0 Å². The topological polar surface area (TPSA) is 22.8 Å². The zero-order valence-corrected chi connectivity index (χ0v) is 31.5. The molecule has 3 nitrogen and oxygen atoms in total. The van der Waals surface area contributed by atoms with Gasteiger partial charge in [-0.05, 0) is 92.0 Å². The van der Waals surface area contributed by atoms with Crippen molar-refractivity contribution in [3.8, 4) is 22.6 Å². The Kier molecular flexibility index (Phi) is 6.32. The van der Waals surface area contributed by atoms with E-state index in [4.69, 9.17) is 4.98 Å². The Morgan fingerprint density at radius 2 is 0.842 bits per heavy atom. The monoisotopic (exact) mass is 741 g/mol. The molecule has 9 aromatic carbocycles. The van der Waals surface area contributed by atoms with Crippen LogP contribution in [0.25, 0.3) is 119 Å². The van der Waals surface area contributed by atoms with Crippen LogP contribution in [-0.4, -0.2) is 14.1 Å². The van der Waals surface area contributed by atoms with Crippen LogP contribution >= 0.6 is 11.3 Å². The molecule has 13 rings (SSSR count). The van der Waals surface area contributed by atoms with Gasteiger partial charge in [-0.3, -0.25) is 4.57 Å². The Morgan fingerprint density at radius 1 is 0.351 bits per heavy atom. The van der Waals surface area contributed by atoms with Crippen molar-refractivity contribution in [3.05, 3.63) is 188 Å². The third kappa shape index (κ3) is 4.28. The fourth-order valence-electron chi connectivity index (χ4n) is 9.68. The maximum Gasteiger partial charge on any atom is 0.155 e. The molecule has 0 bridgehead atoms. The summed E-state index contributed by atoms with van der Waals surface area (Å²) in [6, 6.07) is 66.7. The van der Waals surface area contributed by atoms with Crippen LogP contribution in [0, 0.1) is 0 Å². The molecule has 0 saturated carbocycles. The van der Waals surface area contributed by atoms with E-state index in [1.54, 1.807) is 0 Å². The molecule has 0 amide bonds. The second kappa shape index (κ2) is 11.6. The van der Waals surface area contributed by atoms with Gasteiger partial charge in [0, 0.05) is 48.9 Å². The molecule has 0 aliphatic rings. The summed E-state index contributed by atoms with van der Waals surface area (Å²) in [5, 5.41) is 15.1. The predicted octanol–water partition coefficient (Wildman–Crippen LogP) is 14.8. The van der Waals surface area contributed by atoms with Crippen molar-refractivity contribution in [3.63, 3.8) is 0 Å². The van der Waals surface area contributed by atoms with Crippen molar-refractivity contribution in [1.29, 1.82) is 0 Å². The van der Waals surface area contributed by atoms with E-state index in [-0.39, 0.29) is 0 Å². The largest absolute Gasteiger partial charge is 0.307 e. The van der Waals surface area contributed by atoms with Gasteiger partial charge in [0.25, 0.3) is 0 Å². The van der Waals surface area contributed by atoms with E-state index in [1.807, 2.05) is 17.5 Å². The van der Waals surface area contributed by atoms with Gasteiger partial charge in [0.2, 0.25) is 0 Å². The van der Waals surface area contributed by atoms with E-state index < -0.39 is 0 Å². The molecular weight excluding hydrogens is 711 g/mol. The lowest BCUT2D eigenvalue weighted by atomic mass is 9.92. The molecule has 0 atom stereocenters. The molecule has 264 valence electrons. The van der Waals surface area contributed by atoms with Crippen LogP contribution in [0.2, 0.25) is 0 Å². The summed E-state index contributed by atoms with van der Waals surface area (Å²) in [4.78, 5) is 5.24. The lowest BCUT2D eigenvalue weighted by molar-refractivity contribution is 1.10. The van der Waals surface area contributed by atoms with Gasteiger partial charge in [-0.2, -0.15) is 0 Å². The van der Waals surface area contributed by atoms with Gasteiger partial charge < -0.3 is 4.57 Å². The minimum absolute atomic E-state index is 0.961. The normalized spacial score (nSPS) is 12.2. The molecule has 0 spiro atoms. The first-order valence-electron chi connectivity index (χ1n) is 19.5. The average molecular weight is 742 g/mol. The maximum atomic E-state index is 5.24. The maximum absolute atomic E-state index is 5.24. The van der Waals surface area contributed by atoms with Gasteiger partial charge in [0.05, 0.1) is 26.8 Å². The van der Waals surface area contributed by atoms with Gasteiger partial charge in [-0.25, -0.2) is 4.98 Å². The quantitative estimate of drug-likeness (QED) is 0.165. The van der Waals surface area contributed by atoms with Crippen LogP contribution < -0.4 is 0 Å². The summed E-state index contributed by atoms with van der Waals surface area (Å²) in [6.45, 7) is 0. The average Bonchev–Trinajstić information content (AvgIpc) is 3.94. The van der Waals surface area contributed by atoms with Crippen molar-refractivity contribution in [2.75, 3.05) is 0 Å². The van der Waals surface area contributed by atoms with Crippen LogP contribution in [0.4, 0.5) is 0 Å². The first kappa shape index (κ1) is 31.0. The van der Waals surface area contributed by atoms with Crippen molar-refractivity contribution < 1.29 is 0 Å². The molecule has 0 aliphatic heterocycles. The van der Waals surface area contributed by atoms with E-state index in [0.717, 1.165) is 17.0 Å². The van der Waals surface area contributed by atoms with E-state index in [0.29, 0.717) is 0 Å². The van der Waals surface area contributed by atoms with Crippen LogP contribution in [-0.2, 0) is 0 Å². The Labute approximate surface area is 330 Å². The number of hydrogen-bond acceptors (Lipinski definition) is 2. The third-order valence-electron chi connectivity index (χ3n) is 12.1.